The molecule has 4 N–H and O–H groups in total. The normalized spacial score (nSPS) is 31.7. The maximum absolute atomic E-state index is 14.6. The van der Waals surface area contributed by atoms with Gasteiger partial charge in [0, 0.05) is 26.0 Å². The van der Waals surface area contributed by atoms with Crippen molar-refractivity contribution < 1.29 is 41.5 Å². The van der Waals surface area contributed by atoms with Crippen LogP contribution in [0.1, 0.15) is 75.0 Å². The molecule has 6 rings (SSSR count). The third-order valence-corrected chi connectivity index (χ3v) is 12.0. The first kappa shape index (κ1) is 34.3. The van der Waals surface area contributed by atoms with Crippen LogP contribution in [0.3, 0.4) is 0 Å². The second-order valence-corrected chi connectivity index (χ2v) is 15.6. The molecular formula is C33H44FN5O8S. The van der Waals surface area contributed by atoms with E-state index in [0.717, 1.165) is 19.3 Å². The molecule has 1 aromatic rings. The predicted molar refractivity (Wildman–Crippen MR) is 171 cm³/mol. The van der Waals surface area contributed by atoms with Gasteiger partial charge >= 0.3 is 6.09 Å². The Morgan fingerprint density at radius 2 is 1.96 bits per heavy atom. The van der Waals surface area contributed by atoms with E-state index in [0.29, 0.717) is 36.8 Å². The SMILES string of the molecule is COCC1c2cccc(F)c2CCN1C(=O)O[C@@H]1C[C@H]2C(=O)N[C@@]3(C(=O)NS(=O)(=O)C4CC4)C[C@@H]3/C=C\CCCCC[C@H](N)C(=O)N2C1. The fourth-order valence-corrected chi connectivity index (χ4v) is 8.58. The molecule has 15 heteroatoms. The first-order chi connectivity index (χ1) is 22.9. The lowest BCUT2D eigenvalue weighted by molar-refractivity contribution is -0.140. The van der Waals surface area contributed by atoms with Crippen LogP contribution in [0.2, 0.25) is 0 Å². The number of sulfonamides is 1. The smallest absolute Gasteiger partial charge is 0.410 e. The Bertz CT molecular complexity index is 1590. The van der Waals surface area contributed by atoms with Crippen molar-refractivity contribution in [1.82, 2.24) is 19.8 Å². The van der Waals surface area contributed by atoms with Gasteiger partial charge in [-0.2, -0.15) is 0 Å². The molecule has 0 bridgehead atoms. The van der Waals surface area contributed by atoms with Gasteiger partial charge in [-0.1, -0.05) is 37.1 Å². The largest absolute Gasteiger partial charge is 0.444 e. The summed E-state index contributed by atoms with van der Waals surface area (Å²) in [5.41, 5.74) is 5.96. The Morgan fingerprint density at radius 1 is 1.17 bits per heavy atom. The van der Waals surface area contributed by atoms with Crippen molar-refractivity contribution in [1.29, 1.82) is 0 Å². The highest BCUT2D eigenvalue weighted by molar-refractivity contribution is 7.91. The number of benzene rings is 1. The lowest BCUT2D eigenvalue weighted by Crippen LogP contribution is -2.57. The number of ether oxygens (including phenoxy) is 2. The zero-order valence-corrected chi connectivity index (χ0v) is 27.9. The molecule has 13 nitrogen and oxygen atoms in total. The molecular weight excluding hydrogens is 645 g/mol. The van der Waals surface area contributed by atoms with Crippen molar-refractivity contribution in [2.45, 2.75) is 99.2 Å². The topological polar surface area (TPSA) is 177 Å². The molecule has 0 spiro atoms. The maximum atomic E-state index is 14.6. The van der Waals surface area contributed by atoms with Crippen LogP contribution in [-0.2, 0) is 40.3 Å². The van der Waals surface area contributed by atoms with Crippen molar-refractivity contribution >= 4 is 33.8 Å². The summed E-state index contributed by atoms with van der Waals surface area (Å²) in [6.07, 6.45) is 7.10. The van der Waals surface area contributed by atoms with E-state index in [1.54, 1.807) is 12.1 Å². The average Bonchev–Trinajstić information content (AvgIpc) is 3.97. The molecule has 0 aromatic heterocycles. The summed E-state index contributed by atoms with van der Waals surface area (Å²) in [4.78, 5) is 57.5. The maximum Gasteiger partial charge on any atom is 0.410 e. The van der Waals surface area contributed by atoms with Gasteiger partial charge in [-0.25, -0.2) is 17.6 Å². The average molecular weight is 690 g/mol. The van der Waals surface area contributed by atoms with E-state index in [4.69, 9.17) is 15.2 Å². The minimum atomic E-state index is -3.87. The van der Waals surface area contributed by atoms with Gasteiger partial charge in [0.25, 0.3) is 5.91 Å². The summed E-state index contributed by atoms with van der Waals surface area (Å²) in [6, 6.07) is 2.10. The number of allylic oxidation sites excluding steroid dienone is 1. The van der Waals surface area contributed by atoms with E-state index < -0.39 is 74.8 Å². The lowest BCUT2D eigenvalue weighted by Gasteiger charge is -2.36. The first-order valence-corrected chi connectivity index (χ1v) is 18.3. The number of halogens is 1. The van der Waals surface area contributed by atoms with E-state index in [1.165, 1.54) is 23.0 Å². The Balaban J connectivity index is 1.22. The van der Waals surface area contributed by atoms with Crippen LogP contribution in [0.5, 0.6) is 0 Å². The van der Waals surface area contributed by atoms with Crippen LogP contribution in [-0.4, -0.2) is 97.8 Å². The molecule has 5 aliphatic rings. The number of methoxy groups -OCH3 is 1. The summed E-state index contributed by atoms with van der Waals surface area (Å²) in [6.45, 7) is 0.196. The molecule has 3 fully saturated rings. The molecule has 262 valence electrons. The Kier molecular flexibility index (Phi) is 9.83. The molecule has 48 heavy (non-hydrogen) atoms. The number of rotatable bonds is 6. The van der Waals surface area contributed by atoms with Crippen molar-refractivity contribution in [3.05, 3.63) is 47.3 Å². The number of nitrogens with zero attached hydrogens (tertiary/aromatic N) is 2. The summed E-state index contributed by atoms with van der Waals surface area (Å²) in [5, 5.41) is 2.17. The van der Waals surface area contributed by atoms with Crippen LogP contribution >= 0.6 is 0 Å². The van der Waals surface area contributed by atoms with Gasteiger partial charge in [0.1, 0.15) is 23.5 Å². The van der Waals surface area contributed by atoms with Crippen LogP contribution < -0.4 is 15.8 Å². The Hall–Kier alpha value is -3.56. The molecule has 6 atom stereocenters. The third-order valence-electron chi connectivity index (χ3n) is 10.2. The fourth-order valence-electron chi connectivity index (χ4n) is 7.22. The van der Waals surface area contributed by atoms with Crippen LogP contribution in [0.4, 0.5) is 9.18 Å². The van der Waals surface area contributed by atoms with Gasteiger partial charge in [-0.3, -0.25) is 24.0 Å². The minimum absolute atomic E-state index is 0.0530. The molecule has 3 heterocycles. The Labute approximate surface area is 279 Å². The van der Waals surface area contributed by atoms with E-state index in [1.807, 2.05) is 12.2 Å². The van der Waals surface area contributed by atoms with E-state index in [9.17, 15) is 32.0 Å². The number of amides is 4. The zero-order valence-electron chi connectivity index (χ0n) is 27.1. The highest BCUT2D eigenvalue weighted by atomic mass is 32.2. The molecule has 1 aromatic carbocycles. The lowest BCUT2D eigenvalue weighted by atomic mass is 9.93. The second kappa shape index (κ2) is 13.7. The second-order valence-electron chi connectivity index (χ2n) is 13.6. The molecule has 1 saturated heterocycles. The summed E-state index contributed by atoms with van der Waals surface area (Å²) in [7, 11) is -2.39. The summed E-state index contributed by atoms with van der Waals surface area (Å²) < 4.78 is 53.4. The quantitative estimate of drug-likeness (QED) is 0.376. The van der Waals surface area contributed by atoms with Crippen LogP contribution in [0, 0.1) is 11.7 Å². The standard InChI is InChI=1S/C33H44FN5O8S/c1-46-19-28-24-9-7-10-25(34)23(24)14-15-38(28)32(43)47-21-16-27-29(40)36-33(31(42)37-48(44,45)22-12-13-22)17-20(33)8-5-3-2-4-6-11-26(35)30(41)39(27)18-21/h5,7-10,20-22,26-28H,2-4,6,11-19,35H2,1H3,(H,36,40)(H,37,42)/b8-5-/t20-,21+,26-,27-,28?,33-/m0/s1. The highest BCUT2D eigenvalue weighted by Gasteiger charge is 2.62. The van der Waals surface area contributed by atoms with Crippen molar-refractivity contribution in [3.63, 3.8) is 0 Å². The Morgan fingerprint density at radius 3 is 2.71 bits per heavy atom. The number of carbonyl (C=O) groups excluding carboxylic acids is 4. The number of hydrogen-bond donors (Lipinski definition) is 3. The number of nitrogens with two attached hydrogens (primary N) is 1. The third kappa shape index (κ3) is 6.95. The van der Waals surface area contributed by atoms with Crippen LogP contribution in [0.25, 0.3) is 0 Å². The molecule has 2 saturated carbocycles. The van der Waals surface area contributed by atoms with Crippen molar-refractivity contribution in [3.8, 4) is 0 Å². The molecule has 4 amide bonds. The number of fused-ring (bicyclic) bond motifs is 3. The van der Waals surface area contributed by atoms with Gasteiger partial charge in [0.2, 0.25) is 21.8 Å². The molecule has 0 radical (unpaired) electrons. The highest BCUT2D eigenvalue weighted by Crippen LogP contribution is 2.46. The first-order valence-electron chi connectivity index (χ1n) is 16.8. The number of carbonyl (C=O) groups is 4. The predicted octanol–water partition coefficient (Wildman–Crippen LogP) is 1.81. The fraction of sp³-hybridized carbons (Fsp3) is 0.636. The van der Waals surface area contributed by atoms with Gasteiger partial charge in [0.15, 0.2) is 0 Å². The minimum Gasteiger partial charge on any atom is -0.444 e. The van der Waals surface area contributed by atoms with E-state index in [-0.39, 0.29) is 44.8 Å². The van der Waals surface area contributed by atoms with Gasteiger partial charge in [-0.15, -0.1) is 0 Å². The van der Waals surface area contributed by atoms with Crippen LogP contribution in [0.15, 0.2) is 30.4 Å². The van der Waals surface area contributed by atoms with Gasteiger partial charge < -0.3 is 25.4 Å². The molecule has 3 aliphatic heterocycles. The number of nitrogens with one attached hydrogen (secondary N) is 2. The monoisotopic (exact) mass is 689 g/mol. The summed E-state index contributed by atoms with van der Waals surface area (Å²) in [5.74, 6) is -2.70. The number of hydrogen-bond acceptors (Lipinski definition) is 9. The van der Waals surface area contributed by atoms with E-state index in [2.05, 4.69) is 10.0 Å². The van der Waals surface area contributed by atoms with Gasteiger partial charge in [-0.05, 0) is 62.1 Å². The van der Waals surface area contributed by atoms with Gasteiger partial charge in [0.05, 0.1) is 30.5 Å². The molecule has 1 unspecified atom stereocenters. The van der Waals surface area contributed by atoms with Crippen molar-refractivity contribution in [2.75, 3.05) is 26.8 Å². The zero-order chi connectivity index (χ0) is 34.2. The summed E-state index contributed by atoms with van der Waals surface area (Å²) >= 11 is 0. The van der Waals surface area contributed by atoms with Crippen molar-refractivity contribution in [2.24, 2.45) is 11.7 Å². The molecule has 2 aliphatic carbocycles. The van der Waals surface area contributed by atoms with E-state index >= 15 is 0 Å².